The van der Waals surface area contributed by atoms with E-state index >= 15 is 0 Å². The third-order valence-electron chi connectivity index (χ3n) is 2.63. The first-order valence-corrected chi connectivity index (χ1v) is 7.16. The van der Waals surface area contributed by atoms with Crippen LogP contribution in [0.4, 0.5) is 11.9 Å². The van der Waals surface area contributed by atoms with Gasteiger partial charge >= 0.3 is 6.01 Å². The lowest BCUT2D eigenvalue weighted by Crippen LogP contribution is -2.12. The topological polar surface area (TPSA) is 89.8 Å². The Balaban J connectivity index is 1.88. The van der Waals surface area contributed by atoms with Crippen LogP contribution in [0.1, 0.15) is 20.3 Å². The highest BCUT2D eigenvalue weighted by Crippen LogP contribution is 2.11. The molecule has 2 aromatic rings. The summed E-state index contributed by atoms with van der Waals surface area (Å²) in [6.07, 6.45) is 4.64. The van der Waals surface area contributed by atoms with Crippen LogP contribution in [-0.4, -0.2) is 44.4 Å². The zero-order chi connectivity index (χ0) is 14.9. The smallest absolute Gasteiger partial charge is 0.323 e. The summed E-state index contributed by atoms with van der Waals surface area (Å²) in [5.74, 6) is 1.04. The van der Waals surface area contributed by atoms with Crippen molar-refractivity contribution in [2.75, 3.05) is 30.3 Å². The van der Waals surface area contributed by atoms with E-state index in [2.05, 4.69) is 30.7 Å². The molecular weight excluding hydrogens is 270 g/mol. The van der Waals surface area contributed by atoms with Gasteiger partial charge in [0.15, 0.2) is 0 Å². The Labute approximate surface area is 124 Å². The number of ether oxygens (including phenoxy) is 1. The van der Waals surface area contributed by atoms with Crippen molar-refractivity contribution in [2.24, 2.45) is 0 Å². The molecule has 0 bridgehead atoms. The predicted molar refractivity (Wildman–Crippen MR) is 80.5 cm³/mol. The van der Waals surface area contributed by atoms with Crippen LogP contribution in [0.3, 0.4) is 0 Å². The van der Waals surface area contributed by atoms with Crippen LogP contribution in [0.2, 0.25) is 0 Å². The van der Waals surface area contributed by atoms with E-state index in [4.69, 9.17) is 4.74 Å². The third-order valence-corrected chi connectivity index (χ3v) is 2.63. The van der Waals surface area contributed by atoms with E-state index in [0.29, 0.717) is 24.5 Å². The molecule has 0 aliphatic rings. The minimum atomic E-state index is 0.332. The van der Waals surface area contributed by atoms with Gasteiger partial charge in [0.25, 0.3) is 0 Å². The second-order valence-electron chi connectivity index (χ2n) is 4.28. The second kappa shape index (κ2) is 8.03. The number of hydrogen-bond acceptors (Lipinski definition) is 7. The summed E-state index contributed by atoms with van der Waals surface area (Å²) < 4.78 is 7.24. The maximum atomic E-state index is 5.34. The van der Waals surface area contributed by atoms with E-state index in [0.717, 1.165) is 26.1 Å². The molecule has 0 atom stereocenters. The van der Waals surface area contributed by atoms with Gasteiger partial charge in [-0.25, -0.2) is 0 Å². The fourth-order valence-electron chi connectivity index (χ4n) is 1.74. The maximum Gasteiger partial charge on any atom is 0.323 e. The first-order valence-electron chi connectivity index (χ1n) is 7.16. The molecule has 2 aromatic heterocycles. The number of hydrogen-bond donors (Lipinski definition) is 2. The lowest BCUT2D eigenvalue weighted by molar-refractivity contribution is 0.312. The van der Waals surface area contributed by atoms with E-state index in [9.17, 15) is 0 Å². The van der Waals surface area contributed by atoms with Crippen molar-refractivity contribution < 1.29 is 4.74 Å². The molecular formula is C13H21N7O. The molecule has 2 heterocycles. The SMILES string of the molecule is CCNc1nc(NCCCn2cccn2)nc(OCC)n1. The molecule has 0 saturated heterocycles. The van der Waals surface area contributed by atoms with Crippen molar-refractivity contribution >= 4 is 11.9 Å². The number of aryl methyl sites for hydroxylation is 1. The van der Waals surface area contributed by atoms with Gasteiger partial charge in [0.2, 0.25) is 11.9 Å². The van der Waals surface area contributed by atoms with Crippen LogP contribution in [0.25, 0.3) is 0 Å². The van der Waals surface area contributed by atoms with Gasteiger partial charge in [-0.3, -0.25) is 4.68 Å². The summed E-state index contributed by atoms with van der Waals surface area (Å²) in [6.45, 7) is 6.75. The average molecular weight is 291 g/mol. The van der Waals surface area contributed by atoms with Gasteiger partial charge in [0.1, 0.15) is 0 Å². The van der Waals surface area contributed by atoms with Gasteiger partial charge in [-0.15, -0.1) is 0 Å². The summed E-state index contributed by atoms with van der Waals surface area (Å²) in [6, 6.07) is 2.24. The van der Waals surface area contributed by atoms with Crippen molar-refractivity contribution in [2.45, 2.75) is 26.8 Å². The summed E-state index contributed by atoms with van der Waals surface area (Å²) >= 11 is 0. The highest BCUT2D eigenvalue weighted by Gasteiger charge is 2.06. The normalized spacial score (nSPS) is 10.4. The zero-order valence-corrected chi connectivity index (χ0v) is 12.4. The van der Waals surface area contributed by atoms with Gasteiger partial charge < -0.3 is 15.4 Å². The minimum absolute atomic E-state index is 0.332. The molecule has 21 heavy (non-hydrogen) atoms. The van der Waals surface area contributed by atoms with Crippen LogP contribution in [0, 0.1) is 0 Å². The molecule has 0 aromatic carbocycles. The fourth-order valence-corrected chi connectivity index (χ4v) is 1.74. The van der Waals surface area contributed by atoms with Gasteiger partial charge in [-0.2, -0.15) is 20.1 Å². The summed E-state index contributed by atoms with van der Waals surface area (Å²) in [5.41, 5.74) is 0. The third kappa shape index (κ3) is 4.90. The largest absolute Gasteiger partial charge is 0.464 e. The molecule has 0 aliphatic carbocycles. The maximum absolute atomic E-state index is 5.34. The van der Waals surface area contributed by atoms with Crippen molar-refractivity contribution in [3.8, 4) is 6.01 Å². The first-order chi connectivity index (χ1) is 10.3. The zero-order valence-electron chi connectivity index (χ0n) is 12.4. The molecule has 0 saturated carbocycles. The molecule has 0 fully saturated rings. The van der Waals surface area contributed by atoms with E-state index in [-0.39, 0.29) is 0 Å². The molecule has 8 heteroatoms. The molecule has 0 spiro atoms. The highest BCUT2D eigenvalue weighted by atomic mass is 16.5. The monoisotopic (exact) mass is 291 g/mol. The van der Waals surface area contributed by atoms with Crippen molar-refractivity contribution in [1.29, 1.82) is 0 Å². The number of nitrogens with zero attached hydrogens (tertiary/aromatic N) is 5. The number of rotatable bonds is 9. The Hall–Kier alpha value is -2.38. The van der Waals surface area contributed by atoms with Crippen LogP contribution < -0.4 is 15.4 Å². The Morgan fingerprint density at radius 3 is 2.62 bits per heavy atom. The van der Waals surface area contributed by atoms with Crippen LogP contribution >= 0.6 is 0 Å². The van der Waals surface area contributed by atoms with Crippen LogP contribution in [0.5, 0.6) is 6.01 Å². The Bertz CT molecular complexity index is 505. The van der Waals surface area contributed by atoms with Gasteiger partial charge in [-0.1, -0.05) is 0 Å². The minimum Gasteiger partial charge on any atom is -0.464 e. The molecule has 2 rings (SSSR count). The molecule has 0 radical (unpaired) electrons. The van der Waals surface area contributed by atoms with E-state index in [1.54, 1.807) is 6.20 Å². The van der Waals surface area contributed by atoms with Gasteiger partial charge in [0.05, 0.1) is 6.61 Å². The Morgan fingerprint density at radius 2 is 1.95 bits per heavy atom. The molecule has 0 amide bonds. The molecule has 114 valence electrons. The van der Waals surface area contributed by atoms with Crippen molar-refractivity contribution in [3.05, 3.63) is 18.5 Å². The van der Waals surface area contributed by atoms with Crippen LogP contribution in [-0.2, 0) is 6.54 Å². The molecule has 8 nitrogen and oxygen atoms in total. The average Bonchev–Trinajstić information content (AvgIpc) is 2.97. The molecule has 0 aliphatic heterocycles. The first kappa shape index (κ1) is 15.0. The quantitative estimate of drug-likeness (QED) is 0.675. The molecule has 2 N–H and O–H groups in total. The number of nitrogens with one attached hydrogen (secondary N) is 2. The molecule has 0 unspecified atom stereocenters. The van der Waals surface area contributed by atoms with Gasteiger partial charge in [-0.05, 0) is 26.3 Å². The number of anilines is 2. The second-order valence-corrected chi connectivity index (χ2v) is 4.28. The summed E-state index contributed by atoms with van der Waals surface area (Å²) in [5, 5.41) is 10.4. The lowest BCUT2D eigenvalue weighted by Gasteiger charge is -2.09. The van der Waals surface area contributed by atoms with Crippen molar-refractivity contribution in [3.63, 3.8) is 0 Å². The van der Waals surface area contributed by atoms with E-state index in [1.807, 2.05) is 30.8 Å². The number of aromatic nitrogens is 5. The van der Waals surface area contributed by atoms with E-state index < -0.39 is 0 Å². The summed E-state index contributed by atoms with van der Waals surface area (Å²) in [4.78, 5) is 12.7. The lowest BCUT2D eigenvalue weighted by atomic mass is 10.4. The Kier molecular flexibility index (Phi) is 5.74. The standard InChI is InChI=1S/C13H21N7O/c1-3-14-11-17-12(19-13(18-11)21-4-2)15-7-5-9-20-10-6-8-16-20/h6,8,10H,3-5,7,9H2,1-2H3,(H2,14,15,17,18,19). The predicted octanol–water partition coefficient (Wildman–Crippen LogP) is 1.40. The van der Waals surface area contributed by atoms with Crippen molar-refractivity contribution in [1.82, 2.24) is 24.7 Å². The summed E-state index contributed by atoms with van der Waals surface area (Å²) in [7, 11) is 0. The van der Waals surface area contributed by atoms with Gasteiger partial charge in [0, 0.05) is 32.0 Å². The van der Waals surface area contributed by atoms with Crippen LogP contribution in [0.15, 0.2) is 18.5 Å². The highest BCUT2D eigenvalue weighted by molar-refractivity contribution is 5.35. The fraction of sp³-hybridized carbons (Fsp3) is 0.538. The van der Waals surface area contributed by atoms with E-state index in [1.165, 1.54) is 0 Å². The Morgan fingerprint density at radius 1 is 1.14 bits per heavy atom.